The molecule has 11 heteroatoms. The number of carbonyl (C=O) groups excluding carboxylic acids is 2. The van der Waals surface area contributed by atoms with Crippen molar-refractivity contribution in [2.45, 2.75) is 12.5 Å². The Morgan fingerprint density at radius 1 is 1.00 bits per heavy atom. The third-order valence-corrected chi connectivity index (χ3v) is 6.13. The summed E-state index contributed by atoms with van der Waals surface area (Å²) in [5.74, 6) is 0.175. The third-order valence-electron chi connectivity index (χ3n) is 5.17. The lowest BCUT2D eigenvalue weighted by atomic mass is 10.0. The molecule has 0 aromatic heterocycles. The molecule has 0 aliphatic carbocycles. The highest BCUT2D eigenvalue weighted by molar-refractivity contribution is 7.91. The van der Waals surface area contributed by atoms with Crippen LogP contribution in [0.5, 0.6) is 5.75 Å². The average molecular weight is 508 g/mol. The van der Waals surface area contributed by atoms with Gasteiger partial charge in [0, 0.05) is 19.2 Å². The largest absolute Gasteiger partial charge is 0.497 e. The number of rotatable bonds is 9. The second kappa shape index (κ2) is 11.7. The van der Waals surface area contributed by atoms with Gasteiger partial charge in [0.05, 0.1) is 24.4 Å². The van der Waals surface area contributed by atoms with E-state index in [1.807, 2.05) is 16.9 Å². The first-order valence-corrected chi connectivity index (χ1v) is 12.3. The Kier molecular flexibility index (Phi) is 8.48. The molecule has 3 rings (SSSR count). The van der Waals surface area contributed by atoms with E-state index in [-0.39, 0.29) is 12.1 Å². The van der Waals surface area contributed by atoms with Crippen LogP contribution in [-0.2, 0) is 21.4 Å². The smallest absolute Gasteiger partial charge is 0.330 e. The van der Waals surface area contributed by atoms with Gasteiger partial charge in [0.25, 0.3) is 0 Å². The fraction of sp³-hybridized carbons (Fsp3) is 0.160. The van der Waals surface area contributed by atoms with Crippen LogP contribution in [0.15, 0.2) is 78.9 Å². The number of carbonyl (C=O) groups is 2. The van der Waals surface area contributed by atoms with Gasteiger partial charge >= 0.3 is 16.2 Å². The quantitative estimate of drug-likeness (QED) is 0.407. The second-order valence-electron chi connectivity index (χ2n) is 7.71. The van der Waals surface area contributed by atoms with Gasteiger partial charge in [-0.05, 0) is 54.1 Å². The molecule has 0 saturated heterocycles. The lowest BCUT2D eigenvalue weighted by Gasteiger charge is -2.25. The summed E-state index contributed by atoms with van der Waals surface area (Å²) in [5.41, 5.74) is 1.85. The van der Waals surface area contributed by atoms with E-state index >= 15 is 0 Å². The monoisotopic (exact) mass is 507 g/mol. The molecule has 1 atom stereocenters. The number of urea groups is 1. The van der Waals surface area contributed by atoms with Gasteiger partial charge in [-0.15, -0.1) is 0 Å². The fourth-order valence-corrected chi connectivity index (χ4v) is 4.12. The van der Waals surface area contributed by atoms with Gasteiger partial charge in [0.15, 0.2) is 0 Å². The zero-order valence-corrected chi connectivity index (χ0v) is 20.5. The Bertz CT molecular complexity index is 1340. The fourth-order valence-electron chi connectivity index (χ4n) is 3.32. The predicted octanol–water partition coefficient (Wildman–Crippen LogP) is 2.80. The highest BCUT2D eigenvalue weighted by Crippen LogP contribution is 2.19. The van der Waals surface area contributed by atoms with Crippen LogP contribution in [0.4, 0.5) is 16.2 Å². The van der Waals surface area contributed by atoms with Crippen molar-refractivity contribution in [1.82, 2.24) is 10.0 Å². The zero-order valence-electron chi connectivity index (χ0n) is 19.6. The highest BCUT2D eigenvalue weighted by Gasteiger charge is 2.27. The topological polar surface area (TPSA) is 141 Å². The van der Waals surface area contributed by atoms with Crippen LogP contribution in [0.1, 0.15) is 11.1 Å². The molecule has 0 bridgehead atoms. The van der Waals surface area contributed by atoms with Gasteiger partial charge in [-0.2, -0.15) is 13.7 Å². The number of methoxy groups -OCH3 is 1. The molecule has 0 heterocycles. The van der Waals surface area contributed by atoms with Crippen LogP contribution in [0, 0.1) is 11.3 Å². The van der Waals surface area contributed by atoms with E-state index in [1.165, 1.54) is 36.3 Å². The van der Waals surface area contributed by atoms with E-state index in [9.17, 15) is 18.0 Å². The predicted molar refractivity (Wildman–Crippen MR) is 136 cm³/mol. The summed E-state index contributed by atoms with van der Waals surface area (Å²) < 4.78 is 34.1. The number of nitriles is 1. The number of benzene rings is 3. The molecule has 0 saturated carbocycles. The van der Waals surface area contributed by atoms with Gasteiger partial charge in [0.2, 0.25) is 5.91 Å². The summed E-state index contributed by atoms with van der Waals surface area (Å²) in [6.45, 7) is 0. The molecule has 3 aromatic rings. The molecular formula is C25H25N5O5S. The number of likely N-dealkylation sites (N-methyl/N-ethyl adjacent to an activating group) is 1. The first kappa shape index (κ1) is 26.1. The van der Waals surface area contributed by atoms with Gasteiger partial charge in [-0.3, -0.25) is 9.52 Å². The molecule has 3 amide bonds. The standard InChI is InChI=1S/C25H25N5O5S/c1-30(21-12-14-22(35-2)15-13-21)24(31)23(16-18-6-4-3-5-7-18)27-25(32)29-36(33,34)28-20-10-8-19(17-26)9-11-20/h3-15,23,28H,16H2,1-2H3,(H2,27,29,32). The molecule has 3 N–H and O–H groups in total. The normalized spacial score (nSPS) is 11.5. The molecule has 1 unspecified atom stereocenters. The summed E-state index contributed by atoms with van der Waals surface area (Å²) in [6.07, 6.45) is 0.136. The molecule has 3 aromatic carbocycles. The first-order chi connectivity index (χ1) is 17.2. The van der Waals surface area contributed by atoms with Crippen LogP contribution in [-0.4, -0.2) is 40.6 Å². The number of ether oxygens (including phenoxy) is 1. The summed E-state index contributed by atoms with van der Waals surface area (Å²) in [4.78, 5) is 27.3. The molecule has 0 aliphatic rings. The van der Waals surface area contributed by atoms with E-state index in [4.69, 9.17) is 10.00 Å². The summed E-state index contributed by atoms with van der Waals surface area (Å²) in [6, 6.07) is 21.3. The van der Waals surface area contributed by atoms with Crippen molar-refractivity contribution in [3.05, 3.63) is 90.0 Å². The molecule has 10 nitrogen and oxygen atoms in total. The van der Waals surface area contributed by atoms with Crippen LogP contribution in [0.3, 0.4) is 0 Å². The van der Waals surface area contributed by atoms with Gasteiger partial charge in [-0.1, -0.05) is 30.3 Å². The Morgan fingerprint density at radius 3 is 2.22 bits per heavy atom. The second-order valence-corrected chi connectivity index (χ2v) is 9.12. The Balaban J connectivity index is 1.74. The van der Waals surface area contributed by atoms with Gasteiger partial charge in [0.1, 0.15) is 11.8 Å². The number of hydrogen-bond donors (Lipinski definition) is 3. The molecular weight excluding hydrogens is 482 g/mol. The number of nitrogens with one attached hydrogen (secondary N) is 3. The van der Waals surface area contributed by atoms with E-state index < -0.39 is 28.2 Å². The SMILES string of the molecule is COc1ccc(N(C)C(=O)C(Cc2ccccc2)NC(=O)NS(=O)(=O)Nc2ccc(C#N)cc2)cc1. The van der Waals surface area contributed by atoms with Crippen LogP contribution < -0.4 is 24.4 Å². The summed E-state index contributed by atoms with van der Waals surface area (Å²) in [5, 5.41) is 11.3. The maximum Gasteiger partial charge on any atom is 0.330 e. The van der Waals surface area contributed by atoms with Crippen molar-refractivity contribution in [2.24, 2.45) is 0 Å². The molecule has 0 aliphatic heterocycles. The van der Waals surface area contributed by atoms with Crippen molar-refractivity contribution < 1.29 is 22.7 Å². The number of anilines is 2. The zero-order chi connectivity index (χ0) is 26.1. The van der Waals surface area contributed by atoms with Crippen molar-refractivity contribution in [2.75, 3.05) is 23.8 Å². The van der Waals surface area contributed by atoms with Crippen LogP contribution >= 0.6 is 0 Å². The minimum atomic E-state index is -4.31. The molecule has 36 heavy (non-hydrogen) atoms. The van der Waals surface area contributed by atoms with Gasteiger partial charge in [-0.25, -0.2) is 9.52 Å². The lowest BCUT2D eigenvalue weighted by Crippen LogP contribution is -2.53. The minimum Gasteiger partial charge on any atom is -0.497 e. The molecule has 0 radical (unpaired) electrons. The van der Waals surface area contributed by atoms with Crippen molar-refractivity contribution in [1.29, 1.82) is 5.26 Å². The van der Waals surface area contributed by atoms with Crippen molar-refractivity contribution >= 4 is 33.5 Å². The minimum absolute atomic E-state index is 0.136. The van der Waals surface area contributed by atoms with Crippen molar-refractivity contribution in [3.8, 4) is 11.8 Å². The van der Waals surface area contributed by atoms with E-state index in [2.05, 4.69) is 10.0 Å². The number of amides is 3. The maximum absolute atomic E-state index is 13.3. The third kappa shape index (κ3) is 7.22. The van der Waals surface area contributed by atoms with E-state index in [0.717, 1.165) is 5.56 Å². The number of nitrogens with zero attached hydrogens (tertiary/aromatic N) is 2. The van der Waals surface area contributed by atoms with Crippen LogP contribution in [0.2, 0.25) is 0 Å². The molecule has 186 valence electrons. The van der Waals surface area contributed by atoms with E-state index in [0.29, 0.717) is 17.0 Å². The first-order valence-electron chi connectivity index (χ1n) is 10.8. The molecule has 0 spiro atoms. The van der Waals surface area contributed by atoms with Gasteiger partial charge < -0.3 is 15.0 Å². The Labute approximate surface area is 209 Å². The van der Waals surface area contributed by atoms with Crippen LogP contribution in [0.25, 0.3) is 0 Å². The maximum atomic E-state index is 13.3. The van der Waals surface area contributed by atoms with Crippen molar-refractivity contribution in [3.63, 3.8) is 0 Å². The lowest BCUT2D eigenvalue weighted by molar-refractivity contribution is -0.120. The number of hydrogen-bond acceptors (Lipinski definition) is 6. The Hall–Kier alpha value is -4.56. The highest BCUT2D eigenvalue weighted by atomic mass is 32.2. The summed E-state index contributed by atoms with van der Waals surface area (Å²) in [7, 11) is -1.22. The Morgan fingerprint density at radius 2 is 1.64 bits per heavy atom. The summed E-state index contributed by atoms with van der Waals surface area (Å²) >= 11 is 0. The average Bonchev–Trinajstić information content (AvgIpc) is 2.88. The molecule has 0 fully saturated rings. The van der Waals surface area contributed by atoms with E-state index in [1.54, 1.807) is 55.6 Å².